The van der Waals surface area contributed by atoms with Gasteiger partial charge in [-0.05, 0) is 86.8 Å². The predicted molar refractivity (Wildman–Crippen MR) is 138 cm³/mol. The van der Waals surface area contributed by atoms with Crippen LogP contribution in [-0.4, -0.2) is 39.8 Å². The number of fused-ring (bicyclic) bond motifs is 5. The molecule has 0 aliphatic heterocycles. The molecule has 38 heavy (non-hydrogen) atoms. The highest BCUT2D eigenvalue weighted by atomic mass is 16.6. The van der Waals surface area contributed by atoms with Gasteiger partial charge in [0.05, 0.1) is 24.6 Å². The van der Waals surface area contributed by atoms with Crippen molar-refractivity contribution in [2.24, 2.45) is 29.1 Å². The predicted octanol–water partition coefficient (Wildman–Crippen LogP) is 4.95. The molecule has 4 aliphatic rings. The van der Waals surface area contributed by atoms with Crippen LogP contribution in [0.1, 0.15) is 81.3 Å². The molecule has 2 aromatic rings. The highest BCUT2D eigenvalue weighted by molar-refractivity contribution is 5.93. The minimum absolute atomic E-state index is 0.280. The largest absolute Gasteiger partial charge is 0.465 e. The molecule has 0 amide bonds. The Morgan fingerprint density at radius 1 is 1.05 bits per heavy atom. The normalized spacial score (nSPS) is 34.0. The Balaban J connectivity index is 1.37. The monoisotopic (exact) mass is 517 g/mol. The number of methoxy groups -OCH3 is 1. The molecular weight excluding hydrogens is 482 g/mol. The number of rotatable bonds is 4. The van der Waals surface area contributed by atoms with Crippen LogP contribution in [0.25, 0.3) is 5.69 Å². The number of aromatic nitrogens is 3. The zero-order valence-corrected chi connectivity index (χ0v) is 22.3. The number of esters is 2. The second-order valence-electron chi connectivity index (χ2n) is 11.8. The molecule has 1 heterocycles. The van der Waals surface area contributed by atoms with Gasteiger partial charge in [-0.2, -0.15) is 0 Å². The van der Waals surface area contributed by atoms with Crippen LogP contribution in [0.4, 0.5) is 0 Å². The first kappa shape index (κ1) is 25.0. The Kier molecular flexibility index (Phi) is 6.04. The first-order valence-electron chi connectivity index (χ1n) is 13.8. The van der Waals surface area contributed by atoms with Crippen LogP contribution in [0, 0.1) is 29.1 Å². The van der Waals surface area contributed by atoms with Crippen molar-refractivity contribution in [3.63, 3.8) is 0 Å². The minimum Gasteiger partial charge on any atom is -0.465 e. The number of carbonyl (C=O) groups is 3. The van der Waals surface area contributed by atoms with Gasteiger partial charge >= 0.3 is 11.9 Å². The number of para-hydroxylation sites is 1. The van der Waals surface area contributed by atoms with Gasteiger partial charge in [0.2, 0.25) is 0 Å². The molecule has 1 aromatic carbocycles. The Labute approximate surface area is 222 Å². The average Bonchev–Trinajstić information content (AvgIpc) is 3.51. The van der Waals surface area contributed by atoms with Crippen molar-refractivity contribution in [1.29, 1.82) is 0 Å². The second kappa shape index (κ2) is 9.17. The summed E-state index contributed by atoms with van der Waals surface area (Å²) in [7, 11) is 1.35. The zero-order chi connectivity index (χ0) is 26.7. The van der Waals surface area contributed by atoms with E-state index < -0.39 is 11.6 Å². The maximum Gasteiger partial charge on any atom is 0.340 e. The summed E-state index contributed by atoms with van der Waals surface area (Å²) in [6.07, 6.45) is 11.1. The Morgan fingerprint density at radius 3 is 2.66 bits per heavy atom. The molecule has 0 unspecified atom stereocenters. The van der Waals surface area contributed by atoms with E-state index in [1.165, 1.54) is 19.6 Å². The summed E-state index contributed by atoms with van der Waals surface area (Å²) in [6, 6.07) is 7.12. The van der Waals surface area contributed by atoms with Gasteiger partial charge in [0.25, 0.3) is 0 Å². The topological polar surface area (TPSA) is 100 Å². The number of carbonyl (C=O) groups excluding carboxylic acids is 3. The molecule has 6 atom stereocenters. The average molecular weight is 518 g/mol. The van der Waals surface area contributed by atoms with Crippen molar-refractivity contribution in [3.05, 3.63) is 53.4 Å². The van der Waals surface area contributed by atoms with Crippen LogP contribution in [0.5, 0.6) is 0 Å². The lowest BCUT2D eigenvalue weighted by Gasteiger charge is -2.55. The molecule has 0 spiro atoms. The quantitative estimate of drug-likeness (QED) is 0.529. The molecule has 200 valence electrons. The molecule has 6 rings (SSSR count). The molecule has 0 N–H and O–H groups in total. The fraction of sp³-hybridized carbons (Fsp3) is 0.567. The van der Waals surface area contributed by atoms with Crippen molar-refractivity contribution >= 4 is 17.7 Å². The molecule has 0 radical (unpaired) electrons. The highest BCUT2D eigenvalue weighted by Crippen LogP contribution is 2.68. The summed E-state index contributed by atoms with van der Waals surface area (Å²) < 4.78 is 12.9. The van der Waals surface area contributed by atoms with Crippen LogP contribution in [0.3, 0.4) is 0 Å². The van der Waals surface area contributed by atoms with Gasteiger partial charge in [-0.25, -0.2) is 9.48 Å². The number of benzene rings is 1. The number of allylic oxidation sites excluding steroid dienone is 1. The van der Waals surface area contributed by atoms with Crippen LogP contribution in [0.2, 0.25) is 0 Å². The first-order valence-corrected chi connectivity index (χ1v) is 13.8. The van der Waals surface area contributed by atoms with Crippen molar-refractivity contribution in [2.45, 2.75) is 70.8 Å². The highest BCUT2D eigenvalue weighted by Gasteiger charge is 2.66. The van der Waals surface area contributed by atoms with Crippen molar-refractivity contribution in [3.8, 4) is 5.69 Å². The van der Waals surface area contributed by atoms with Crippen LogP contribution in [0.15, 0.2) is 42.1 Å². The lowest BCUT2D eigenvalue weighted by Crippen LogP contribution is -2.53. The lowest BCUT2D eigenvalue weighted by atomic mass is 9.50. The van der Waals surface area contributed by atoms with E-state index in [-0.39, 0.29) is 17.2 Å². The van der Waals surface area contributed by atoms with Crippen molar-refractivity contribution in [2.75, 3.05) is 7.11 Å². The van der Waals surface area contributed by atoms with Crippen LogP contribution >= 0.6 is 0 Å². The van der Waals surface area contributed by atoms with E-state index in [4.69, 9.17) is 9.47 Å². The standard InChI is InChI=1S/C30H35N3O5/c1-18(34)38-30(27-17-33(32-31-27)26-7-5-4-6-24(26)28(36)37-3)15-13-25-23-10-8-19-16-20(35)9-11-21(19)22(23)12-14-29(25,30)2/h4-7,16-17,21-23,25H,8-15H2,1-3H3/t21-,22+,23+,25-,29-,30+/m0/s1. The Bertz CT molecular complexity index is 1330. The summed E-state index contributed by atoms with van der Waals surface area (Å²) in [4.78, 5) is 37.0. The second-order valence-corrected chi connectivity index (χ2v) is 11.8. The summed E-state index contributed by atoms with van der Waals surface area (Å²) in [6.45, 7) is 3.75. The fourth-order valence-electron chi connectivity index (χ4n) is 8.59. The molecule has 1 aromatic heterocycles. The van der Waals surface area contributed by atoms with Gasteiger partial charge in [-0.1, -0.05) is 29.8 Å². The summed E-state index contributed by atoms with van der Waals surface area (Å²) >= 11 is 0. The molecule has 0 bridgehead atoms. The van der Waals surface area contributed by atoms with Gasteiger partial charge in [0.15, 0.2) is 11.4 Å². The molecule has 3 fully saturated rings. The summed E-state index contributed by atoms with van der Waals surface area (Å²) in [5.41, 5.74) is 1.79. The fourth-order valence-corrected chi connectivity index (χ4v) is 8.59. The molecule has 8 heteroatoms. The van der Waals surface area contributed by atoms with Gasteiger partial charge in [0.1, 0.15) is 5.69 Å². The Morgan fingerprint density at radius 2 is 1.87 bits per heavy atom. The molecule has 3 saturated carbocycles. The smallest absolute Gasteiger partial charge is 0.340 e. The Hall–Kier alpha value is -3.29. The van der Waals surface area contributed by atoms with E-state index in [0.29, 0.717) is 53.5 Å². The lowest BCUT2D eigenvalue weighted by molar-refractivity contribution is -0.184. The van der Waals surface area contributed by atoms with Crippen LogP contribution < -0.4 is 0 Å². The van der Waals surface area contributed by atoms with E-state index >= 15 is 0 Å². The third-order valence-electron chi connectivity index (χ3n) is 10.2. The number of hydrogen-bond donors (Lipinski definition) is 0. The number of hydrogen-bond acceptors (Lipinski definition) is 7. The third-order valence-corrected chi connectivity index (χ3v) is 10.2. The number of ketones is 1. The van der Waals surface area contributed by atoms with Crippen LogP contribution in [-0.2, 0) is 24.7 Å². The van der Waals surface area contributed by atoms with Crippen molar-refractivity contribution in [1.82, 2.24) is 15.0 Å². The maximum absolute atomic E-state index is 12.6. The number of nitrogens with zero attached hydrogens (tertiary/aromatic N) is 3. The molecule has 4 aliphatic carbocycles. The van der Waals surface area contributed by atoms with Crippen molar-refractivity contribution < 1.29 is 23.9 Å². The molecule has 8 nitrogen and oxygen atoms in total. The van der Waals surface area contributed by atoms with Gasteiger partial charge in [-0.15, -0.1) is 5.10 Å². The van der Waals surface area contributed by atoms with Gasteiger partial charge in [0, 0.05) is 18.8 Å². The van der Waals surface area contributed by atoms with E-state index in [1.807, 2.05) is 18.3 Å². The van der Waals surface area contributed by atoms with Gasteiger partial charge < -0.3 is 9.47 Å². The summed E-state index contributed by atoms with van der Waals surface area (Å²) in [5, 5.41) is 8.98. The molecule has 0 saturated heterocycles. The van der Waals surface area contributed by atoms with E-state index in [0.717, 1.165) is 38.5 Å². The minimum atomic E-state index is -0.883. The molecular formula is C30H35N3O5. The van der Waals surface area contributed by atoms with Gasteiger partial charge in [-0.3, -0.25) is 9.59 Å². The van der Waals surface area contributed by atoms with E-state index in [1.54, 1.807) is 22.9 Å². The SMILES string of the molecule is COC(=O)c1ccccc1-n1cc([C@]2(OC(C)=O)CC[C@H]3[C@@H]4CCC5=CC(=O)CC[C@@H]5[C@H]4CC[C@@]32C)nn1. The zero-order valence-electron chi connectivity index (χ0n) is 22.3. The summed E-state index contributed by atoms with van der Waals surface area (Å²) in [5.74, 6) is 1.53. The third kappa shape index (κ3) is 3.67. The maximum atomic E-state index is 12.6. The first-order chi connectivity index (χ1) is 18.3. The van der Waals surface area contributed by atoms with E-state index in [9.17, 15) is 14.4 Å². The number of ether oxygens (including phenoxy) is 2. The van der Waals surface area contributed by atoms with E-state index in [2.05, 4.69) is 17.2 Å².